The molecule has 1 heterocycles. The van der Waals surface area contributed by atoms with Crippen molar-refractivity contribution in [2.45, 2.75) is 83.5 Å². The van der Waals surface area contributed by atoms with Gasteiger partial charge in [0.05, 0.1) is 0 Å². The Kier molecular flexibility index (Phi) is 8.24. The lowest BCUT2D eigenvalue weighted by molar-refractivity contribution is -0.116. The van der Waals surface area contributed by atoms with Gasteiger partial charge in [-0.3, -0.25) is 9.69 Å². The van der Waals surface area contributed by atoms with E-state index in [1.165, 1.54) is 0 Å². The number of rotatable bonds is 8. The zero-order valence-corrected chi connectivity index (χ0v) is 20.4. The van der Waals surface area contributed by atoms with Gasteiger partial charge in [0.1, 0.15) is 13.8 Å². The second kappa shape index (κ2) is 10.2. The van der Waals surface area contributed by atoms with Gasteiger partial charge in [0.2, 0.25) is 0 Å². The lowest BCUT2D eigenvalue weighted by Crippen LogP contribution is -2.54. The molecule has 0 aliphatic carbocycles. The Morgan fingerprint density at radius 3 is 2.20 bits per heavy atom. The summed E-state index contributed by atoms with van der Waals surface area (Å²) in [7, 11) is -2.19. The molecular weight excluding hydrogens is 390 g/mol. The first-order valence-corrected chi connectivity index (χ1v) is 13.3. The molecule has 2 rings (SSSR count). The van der Waals surface area contributed by atoms with Crippen molar-refractivity contribution in [2.24, 2.45) is 0 Å². The minimum absolute atomic E-state index is 0.200. The Labute approximate surface area is 183 Å². The van der Waals surface area contributed by atoms with E-state index < -0.39 is 14.2 Å². The van der Waals surface area contributed by atoms with Crippen molar-refractivity contribution in [1.82, 2.24) is 4.90 Å². The highest BCUT2D eigenvalue weighted by Crippen LogP contribution is 2.48. The van der Waals surface area contributed by atoms with E-state index in [1.54, 1.807) is 17.0 Å². The highest BCUT2D eigenvalue weighted by molar-refractivity contribution is 6.93. The summed E-state index contributed by atoms with van der Waals surface area (Å²) < 4.78 is 5.66. The van der Waals surface area contributed by atoms with Crippen molar-refractivity contribution in [1.29, 1.82) is 0 Å². The number of amides is 1. The lowest BCUT2D eigenvalue weighted by atomic mass is 10.0. The first-order valence-electron chi connectivity index (χ1n) is 11.1. The van der Waals surface area contributed by atoms with Crippen molar-refractivity contribution in [3.05, 3.63) is 54.4 Å². The van der Waals surface area contributed by atoms with Crippen LogP contribution in [0.2, 0.25) is 16.6 Å². The van der Waals surface area contributed by atoms with E-state index in [4.69, 9.17) is 4.74 Å². The quantitative estimate of drug-likeness (QED) is 0.335. The maximum Gasteiger partial charge on any atom is 0.419 e. The number of carbonyl (C=O) groups excluding carboxylic acids is 2. The summed E-state index contributed by atoms with van der Waals surface area (Å²) in [5, 5.41) is 0.891. The average molecular weight is 428 g/mol. The van der Waals surface area contributed by atoms with Crippen LogP contribution < -0.4 is 4.74 Å². The number of ether oxygens (including phenoxy) is 1. The van der Waals surface area contributed by atoms with Crippen LogP contribution in [0.1, 0.15) is 60.8 Å². The summed E-state index contributed by atoms with van der Waals surface area (Å²) in [5.41, 5.74) is 1.18. The Balaban J connectivity index is 2.52. The monoisotopic (exact) mass is 427 g/mol. The number of ketones is 1. The maximum absolute atomic E-state index is 13.4. The van der Waals surface area contributed by atoms with Crippen molar-refractivity contribution in [3.8, 4) is 5.75 Å². The molecule has 0 aromatic heterocycles. The molecule has 0 saturated carbocycles. The minimum Gasteiger partial charge on any atom is -0.410 e. The molecule has 0 fully saturated rings. The summed E-state index contributed by atoms with van der Waals surface area (Å²) in [6, 6.07) is 8.90. The third-order valence-corrected chi connectivity index (χ3v) is 13.7. The van der Waals surface area contributed by atoms with Crippen molar-refractivity contribution in [2.75, 3.05) is 0 Å². The second-order valence-corrected chi connectivity index (χ2v) is 15.0. The largest absolute Gasteiger partial charge is 0.419 e. The van der Waals surface area contributed by atoms with Gasteiger partial charge in [-0.2, -0.15) is 0 Å². The summed E-state index contributed by atoms with van der Waals surface area (Å²) >= 11 is 0. The van der Waals surface area contributed by atoms with Crippen molar-refractivity contribution >= 4 is 20.0 Å². The second-order valence-electron chi connectivity index (χ2n) is 9.18. The molecule has 1 aliphatic heterocycles. The van der Waals surface area contributed by atoms with Gasteiger partial charge < -0.3 is 4.74 Å². The number of benzene rings is 1. The molecule has 1 atom stereocenters. The SMILES string of the molecule is C=CCCC1CC(=O)C([Si](C(C)C)(C(C)C)C(C)C)=CN1C(=O)Oc1ccccc1. The summed E-state index contributed by atoms with van der Waals surface area (Å²) in [5.74, 6) is 0.715. The third-order valence-electron chi connectivity index (χ3n) is 6.58. The van der Waals surface area contributed by atoms with Gasteiger partial charge in [-0.1, -0.05) is 65.8 Å². The van der Waals surface area contributed by atoms with Crippen LogP contribution in [0.15, 0.2) is 54.4 Å². The standard InChI is InChI=1S/C25H37NO3Si/c1-8-9-13-21-16-23(27)24(30(18(2)3,19(4)5)20(6)7)17-26(21)25(28)29-22-14-11-10-12-15-22/h8,10-12,14-15,17-21H,1,9,13,16H2,2-7H3. The third kappa shape index (κ3) is 4.77. The molecule has 0 N–H and O–H groups in total. The molecule has 1 aliphatic rings. The fraction of sp³-hybridized carbons (Fsp3) is 0.520. The van der Waals surface area contributed by atoms with Crippen LogP contribution in [0.25, 0.3) is 0 Å². The summed E-state index contributed by atoms with van der Waals surface area (Å²) in [6.45, 7) is 17.2. The summed E-state index contributed by atoms with van der Waals surface area (Å²) in [4.78, 5) is 28.3. The zero-order chi connectivity index (χ0) is 22.5. The van der Waals surface area contributed by atoms with Crippen LogP contribution >= 0.6 is 0 Å². The number of allylic oxidation sites excluding steroid dienone is 2. The molecule has 1 aromatic rings. The molecule has 1 aromatic carbocycles. The maximum atomic E-state index is 13.4. The number of hydrogen-bond donors (Lipinski definition) is 0. The van der Waals surface area contributed by atoms with Crippen LogP contribution in [0.5, 0.6) is 5.75 Å². The predicted molar refractivity (Wildman–Crippen MR) is 126 cm³/mol. The van der Waals surface area contributed by atoms with Crippen LogP contribution in [0.3, 0.4) is 0 Å². The molecule has 30 heavy (non-hydrogen) atoms. The van der Waals surface area contributed by atoms with Gasteiger partial charge in [0, 0.05) is 18.7 Å². The number of para-hydroxylation sites is 1. The molecule has 5 heteroatoms. The molecular formula is C25H37NO3Si. The lowest BCUT2D eigenvalue weighted by Gasteiger charge is -2.47. The molecule has 1 amide bonds. The van der Waals surface area contributed by atoms with Crippen LogP contribution in [-0.4, -0.2) is 30.9 Å². The highest BCUT2D eigenvalue weighted by atomic mass is 28.3. The van der Waals surface area contributed by atoms with Crippen molar-refractivity contribution in [3.63, 3.8) is 0 Å². The van der Waals surface area contributed by atoms with E-state index >= 15 is 0 Å². The van der Waals surface area contributed by atoms with E-state index in [9.17, 15) is 9.59 Å². The van der Waals surface area contributed by atoms with Crippen molar-refractivity contribution < 1.29 is 14.3 Å². The van der Waals surface area contributed by atoms with E-state index in [2.05, 4.69) is 48.1 Å². The Bertz CT molecular complexity index is 761. The Morgan fingerprint density at radius 1 is 1.13 bits per heavy atom. The van der Waals surface area contributed by atoms with Gasteiger partial charge in [0.25, 0.3) is 0 Å². The first-order chi connectivity index (χ1) is 14.2. The van der Waals surface area contributed by atoms with Gasteiger partial charge in [-0.05, 0) is 46.8 Å². The number of Topliss-reactive ketones (excluding diaryl/α,β-unsaturated/α-hetero) is 1. The van der Waals surface area contributed by atoms with Crippen LogP contribution in [-0.2, 0) is 4.79 Å². The smallest absolute Gasteiger partial charge is 0.410 e. The fourth-order valence-electron chi connectivity index (χ4n) is 5.42. The molecule has 0 saturated heterocycles. The zero-order valence-electron chi connectivity index (χ0n) is 19.4. The number of hydrogen-bond acceptors (Lipinski definition) is 3. The van der Waals surface area contributed by atoms with E-state index in [1.807, 2.05) is 30.5 Å². The predicted octanol–water partition coefficient (Wildman–Crippen LogP) is 6.90. The topological polar surface area (TPSA) is 46.6 Å². The minimum atomic E-state index is -2.19. The van der Waals surface area contributed by atoms with E-state index in [-0.39, 0.29) is 11.8 Å². The average Bonchev–Trinajstić information content (AvgIpc) is 2.67. The molecule has 4 nitrogen and oxygen atoms in total. The molecule has 1 unspecified atom stereocenters. The van der Waals surface area contributed by atoms with Gasteiger partial charge in [-0.15, -0.1) is 6.58 Å². The molecule has 164 valence electrons. The van der Waals surface area contributed by atoms with E-state index in [0.717, 1.165) is 11.6 Å². The van der Waals surface area contributed by atoms with Gasteiger partial charge >= 0.3 is 6.09 Å². The number of carbonyl (C=O) groups is 2. The molecule has 0 radical (unpaired) electrons. The fourth-order valence-corrected chi connectivity index (χ4v) is 12.2. The Hall–Kier alpha value is -2.14. The normalized spacial score (nSPS) is 17.5. The first kappa shape index (κ1) is 24.1. The summed E-state index contributed by atoms with van der Waals surface area (Å²) in [6.07, 6.45) is 5.07. The molecule has 0 bridgehead atoms. The molecule has 0 spiro atoms. The Morgan fingerprint density at radius 2 is 1.70 bits per heavy atom. The van der Waals surface area contributed by atoms with Crippen LogP contribution in [0.4, 0.5) is 4.79 Å². The van der Waals surface area contributed by atoms with Crippen LogP contribution in [0, 0.1) is 0 Å². The highest BCUT2D eigenvalue weighted by Gasteiger charge is 2.50. The van der Waals surface area contributed by atoms with Gasteiger partial charge in [0.15, 0.2) is 5.78 Å². The van der Waals surface area contributed by atoms with Gasteiger partial charge in [-0.25, -0.2) is 4.79 Å². The number of nitrogens with zero attached hydrogens (tertiary/aromatic N) is 1. The van der Waals surface area contributed by atoms with E-state index in [0.29, 0.717) is 35.2 Å².